The standard InChI is InChI=1S/C18H15NO3/c1-12(13-7-3-2-4-8-13)18(21)19-17-11-15(20)14-9-5-6-10-16(14)22-17/h2-12H,1H3,(H,19,21). The van der Waals surface area contributed by atoms with E-state index >= 15 is 0 Å². The zero-order valence-corrected chi connectivity index (χ0v) is 12.1. The lowest BCUT2D eigenvalue weighted by Crippen LogP contribution is -2.19. The molecule has 0 bridgehead atoms. The van der Waals surface area contributed by atoms with Gasteiger partial charge in [-0.25, -0.2) is 0 Å². The van der Waals surface area contributed by atoms with E-state index in [9.17, 15) is 9.59 Å². The minimum Gasteiger partial charge on any atom is -0.440 e. The molecule has 0 spiro atoms. The Labute approximate surface area is 127 Å². The Kier molecular flexibility index (Phi) is 3.74. The van der Waals surface area contributed by atoms with E-state index in [1.54, 1.807) is 24.3 Å². The largest absolute Gasteiger partial charge is 0.440 e. The molecule has 0 aliphatic heterocycles. The van der Waals surface area contributed by atoms with Crippen LogP contribution in [0, 0.1) is 0 Å². The molecule has 4 nitrogen and oxygen atoms in total. The average molecular weight is 293 g/mol. The maximum atomic E-state index is 12.3. The monoisotopic (exact) mass is 293 g/mol. The van der Waals surface area contributed by atoms with Crippen LogP contribution in [0.4, 0.5) is 5.88 Å². The minimum absolute atomic E-state index is 0.163. The molecule has 1 atom stereocenters. The summed E-state index contributed by atoms with van der Waals surface area (Å²) in [6.07, 6.45) is 0. The summed E-state index contributed by atoms with van der Waals surface area (Å²) in [5, 5.41) is 3.16. The van der Waals surface area contributed by atoms with Crippen LogP contribution in [-0.4, -0.2) is 5.91 Å². The topological polar surface area (TPSA) is 59.3 Å². The highest BCUT2D eigenvalue weighted by Crippen LogP contribution is 2.19. The van der Waals surface area contributed by atoms with Crippen LogP contribution in [0.1, 0.15) is 18.4 Å². The van der Waals surface area contributed by atoms with Crippen molar-refractivity contribution in [3.05, 3.63) is 76.5 Å². The molecule has 1 amide bonds. The number of rotatable bonds is 3. The molecule has 0 fully saturated rings. The Bertz CT molecular complexity index is 868. The van der Waals surface area contributed by atoms with E-state index in [1.165, 1.54) is 6.07 Å². The lowest BCUT2D eigenvalue weighted by Gasteiger charge is -2.12. The van der Waals surface area contributed by atoms with Gasteiger partial charge in [-0.1, -0.05) is 42.5 Å². The van der Waals surface area contributed by atoms with Crippen LogP contribution >= 0.6 is 0 Å². The van der Waals surface area contributed by atoms with Crippen molar-refractivity contribution in [2.45, 2.75) is 12.8 Å². The fourth-order valence-corrected chi connectivity index (χ4v) is 2.29. The van der Waals surface area contributed by atoms with Gasteiger partial charge in [0.15, 0.2) is 5.43 Å². The molecular weight excluding hydrogens is 278 g/mol. The fraction of sp³-hybridized carbons (Fsp3) is 0.111. The highest BCUT2D eigenvalue weighted by atomic mass is 16.3. The summed E-state index contributed by atoms with van der Waals surface area (Å²) >= 11 is 0. The third-order valence-corrected chi connectivity index (χ3v) is 3.57. The summed E-state index contributed by atoms with van der Waals surface area (Å²) in [5.41, 5.74) is 1.19. The van der Waals surface area contributed by atoms with E-state index in [2.05, 4.69) is 5.32 Å². The second-order valence-corrected chi connectivity index (χ2v) is 5.09. The molecule has 1 N–H and O–H groups in total. The van der Waals surface area contributed by atoms with Crippen LogP contribution in [0.3, 0.4) is 0 Å². The predicted molar refractivity (Wildman–Crippen MR) is 86.0 cm³/mol. The Morgan fingerprint density at radius 3 is 2.50 bits per heavy atom. The Hall–Kier alpha value is -2.88. The van der Waals surface area contributed by atoms with Crippen LogP contribution in [0.2, 0.25) is 0 Å². The minimum atomic E-state index is -0.335. The van der Waals surface area contributed by atoms with Crippen molar-refractivity contribution in [2.24, 2.45) is 0 Å². The summed E-state index contributed by atoms with van der Waals surface area (Å²) in [6, 6.07) is 17.7. The lowest BCUT2D eigenvalue weighted by molar-refractivity contribution is -0.117. The number of fused-ring (bicyclic) bond motifs is 1. The number of amides is 1. The van der Waals surface area contributed by atoms with Crippen molar-refractivity contribution >= 4 is 22.8 Å². The highest BCUT2D eigenvalue weighted by Gasteiger charge is 2.16. The first kappa shape index (κ1) is 14.1. The second kappa shape index (κ2) is 5.85. The first-order valence-corrected chi connectivity index (χ1v) is 7.04. The second-order valence-electron chi connectivity index (χ2n) is 5.09. The third-order valence-electron chi connectivity index (χ3n) is 3.57. The lowest BCUT2D eigenvalue weighted by atomic mass is 10.0. The van der Waals surface area contributed by atoms with E-state index < -0.39 is 0 Å². The maximum absolute atomic E-state index is 12.3. The van der Waals surface area contributed by atoms with Gasteiger partial charge in [0, 0.05) is 6.07 Å². The van der Waals surface area contributed by atoms with Gasteiger partial charge in [-0.15, -0.1) is 0 Å². The molecule has 0 aliphatic carbocycles. The number of benzene rings is 2. The fourth-order valence-electron chi connectivity index (χ4n) is 2.29. The van der Waals surface area contributed by atoms with Crippen LogP contribution in [0.5, 0.6) is 0 Å². The molecular formula is C18H15NO3. The van der Waals surface area contributed by atoms with Gasteiger partial charge < -0.3 is 4.42 Å². The number of nitrogens with one attached hydrogen (secondary N) is 1. The number of hydrogen-bond acceptors (Lipinski definition) is 3. The van der Waals surface area contributed by atoms with Crippen molar-refractivity contribution in [3.63, 3.8) is 0 Å². The molecule has 22 heavy (non-hydrogen) atoms. The normalized spacial score (nSPS) is 12.0. The van der Waals surface area contributed by atoms with Gasteiger partial charge in [0.25, 0.3) is 0 Å². The third kappa shape index (κ3) is 2.76. The summed E-state index contributed by atoms with van der Waals surface area (Å²) in [4.78, 5) is 24.3. The summed E-state index contributed by atoms with van der Waals surface area (Å²) in [6.45, 7) is 1.81. The maximum Gasteiger partial charge on any atom is 0.233 e. The quantitative estimate of drug-likeness (QED) is 0.803. The van der Waals surface area contributed by atoms with Crippen LogP contribution in [0.15, 0.2) is 69.9 Å². The number of carbonyl (C=O) groups is 1. The molecule has 0 saturated carbocycles. The first-order valence-electron chi connectivity index (χ1n) is 7.04. The van der Waals surface area contributed by atoms with Crippen molar-refractivity contribution in [1.82, 2.24) is 0 Å². The van der Waals surface area contributed by atoms with Gasteiger partial charge in [0.05, 0.1) is 11.3 Å². The average Bonchev–Trinajstić information content (AvgIpc) is 2.55. The summed E-state index contributed by atoms with van der Waals surface area (Å²) in [7, 11) is 0. The molecule has 110 valence electrons. The molecule has 0 radical (unpaired) electrons. The van der Waals surface area contributed by atoms with E-state index in [1.807, 2.05) is 37.3 Å². The van der Waals surface area contributed by atoms with E-state index in [4.69, 9.17) is 4.42 Å². The molecule has 1 unspecified atom stereocenters. The van der Waals surface area contributed by atoms with Gasteiger partial charge in [-0.05, 0) is 24.6 Å². The van der Waals surface area contributed by atoms with Crippen LogP contribution in [0.25, 0.3) is 11.0 Å². The van der Waals surface area contributed by atoms with E-state index in [0.29, 0.717) is 11.0 Å². The number of para-hydroxylation sites is 1. The molecule has 3 rings (SSSR count). The number of carbonyl (C=O) groups excluding carboxylic acids is 1. The highest BCUT2D eigenvalue weighted by molar-refractivity contribution is 5.95. The first-order chi connectivity index (χ1) is 10.6. The molecule has 3 aromatic rings. The number of hydrogen-bond donors (Lipinski definition) is 1. The molecule has 4 heteroatoms. The van der Waals surface area contributed by atoms with E-state index in [0.717, 1.165) is 5.56 Å². The van der Waals surface area contributed by atoms with Crippen LogP contribution < -0.4 is 10.7 Å². The van der Waals surface area contributed by atoms with Gasteiger partial charge in [-0.3, -0.25) is 14.9 Å². The Morgan fingerprint density at radius 2 is 1.73 bits per heavy atom. The molecule has 1 heterocycles. The van der Waals surface area contributed by atoms with Crippen molar-refractivity contribution in [1.29, 1.82) is 0 Å². The zero-order valence-electron chi connectivity index (χ0n) is 12.1. The number of anilines is 1. The smallest absolute Gasteiger partial charge is 0.233 e. The Balaban J connectivity index is 1.87. The van der Waals surface area contributed by atoms with Gasteiger partial charge in [0.2, 0.25) is 11.8 Å². The summed E-state index contributed by atoms with van der Waals surface area (Å²) in [5.74, 6) is -0.390. The molecule has 2 aromatic carbocycles. The van der Waals surface area contributed by atoms with Crippen molar-refractivity contribution in [2.75, 3.05) is 5.32 Å². The summed E-state index contributed by atoms with van der Waals surface area (Å²) < 4.78 is 5.57. The van der Waals surface area contributed by atoms with Gasteiger partial charge in [-0.2, -0.15) is 0 Å². The molecule has 0 aliphatic rings. The Morgan fingerprint density at radius 1 is 1.05 bits per heavy atom. The molecule has 0 saturated heterocycles. The van der Waals surface area contributed by atoms with Crippen molar-refractivity contribution in [3.8, 4) is 0 Å². The van der Waals surface area contributed by atoms with Gasteiger partial charge in [0.1, 0.15) is 5.58 Å². The van der Waals surface area contributed by atoms with Crippen LogP contribution in [-0.2, 0) is 4.79 Å². The van der Waals surface area contributed by atoms with E-state index in [-0.39, 0.29) is 23.1 Å². The molecule has 1 aromatic heterocycles. The van der Waals surface area contributed by atoms with Gasteiger partial charge >= 0.3 is 0 Å². The SMILES string of the molecule is CC(C(=O)Nc1cc(=O)c2ccccc2o1)c1ccccc1. The van der Waals surface area contributed by atoms with Crippen molar-refractivity contribution < 1.29 is 9.21 Å². The zero-order chi connectivity index (χ0) is 15.5. The predicted octanol–water partition coefficient (Wildman–Crippen LogP) is 3.54.